The second kappa shape index (κ2) is 4.53. The first-order chi connectivity index (χ1) is 9.15. The van der Waals surface area contributed by atoms with Crippen LogP contribution in [0.4, 0.5) is 0 Å². The summed E-state index contributed by atoms with van der Waals surface area (Å²) < 4.78 is 3.43. The van der Waals surface area contributed by atoms with Crippen LogP contribution in [-0.4, -0.2) is 36.9 Å². The van der Waals surface area contributed by atoms with Gasteiger partial charge in [-0.25, -0.2) is 0 Å². The summed E-state index contributed by atoms with van der Waals surface area (Å²) in [5, 5.41) is 8.26. The van der Waals surface area contributed by atoms with Gasteiger partial charge in [0.2, 0.25) is 0 Å². The molecule has 0 radical (unpaired) electrons. The van der Waals surface area contributed by atoms with Crippen LogP contribution in [0.3, 0.4) is 0 Å². The Morgan fingerprint density at radius 1 is 1.21 bits per heavy atom. The Hall–Kier alpha value is -2.11. The Morgan fingerprint density at radius 2 is 1.95 bits per heavy atom. The van der Waals surface area contributed by atoms with Gasteiger partial charge in [0, 0.05) is 38.6 Å². The number of hydrogen-bond donors (Lipinski definition) is 0. The standard InChI is InChI=1S/C13H17N5O/c1-16-8-10(6-14-16)12-4-3-5-18(12)13(19)11-7-15-17(2)9-11/h6-9,12H,3-5H2,1-2H3/t12-/m0/s1. The summed E-state index contributed by atoms with van der Waals surface area (Å²) in [5.74, 6) is 0.0550. The van der Waals surface area contributed by atoms with Crippen LogP contribution in [0.5, 0.6) is 0 Å². The molecule has 100 valence electrons. The smallest absolute Gasteiger partial charge is 0.257 e. The maximum atomic E-state index is 12.5. The van der Waals surface area contributed by atoms with E-state index < -0.39 is 0 Å². The Morgan fingerprint density at radius 3 is 2.58 bits per heavy atom. The third-order valence-electron chi connectivity index (χ3n) is 3.58. The normalized spacial score (nSPS) is 19.1. The summed E-state index contributed by atoms with van der Waals surface area (Å²) in [6, 6.07) is 0.140. The van der Waals surface area contributed by atoms with Crippen LogP contribution in [0.15, 0.2) is 24.8 Å². The molecule has 0 N–H and O–H groups in total. The summed E-state index contributed by atoms with van der Waals surface area (Å²) >= 11 is 0. The minimum atomic E-state index is 0.0550. The highest BCUT2D eigenvalue weighted by molar-refractivity contribution is 5.94. The van der Waals surface area contributed by atoms with Gasteiger partial charge in [0.05, 0.1) is 24.0 Å². The van der Waals surface area contributed by atoms with Crippen molar-refractivity contribution >= 4 is 5.91 Å². The third-order valence-corrected chi connectivity index (χ3v) is 3.58. The molecule has 1 aliphatic heterocycles. The van der Waals surface area contributed by atoms with Crippen LogP contribution in [-0.2, 0) is 14.1 Å². The van der Waals surface area contributed by atoms with Crippen molar-refractivity contribution in [2.75, 3.05) is 6.54 Å². The van der Waals surface area contributed by atoms with Gasteiger partial charge in [-0.3, -0.25) is 14.2 Å². The highest BCUT2D eigenvalue weighted by Gasteiger charge is 2.31. The molecule has 0 aliphatic carbocycles. The van der Waals surface area contributed by atoms with E-state index in [1.165, 1.54) is 0 Å². The molecule has 6 heteroatoms. The van der Waals surface area contributed by atoms with E-state index in [-0.39, 0.29) is 11.9 Å². The number of carbonyl (C=O) groups is 1. The second-order valence-corrected chi connectivity index (χ2v) is 5.01. The first kappa shape index (κ1) is 12.0. The largest absolute Gasteiger partial charge is 0.331 e. The number of likely N-dealkylation sites (tertiary alicyclic amines) is 1. The van der Waals surface area contributed by atoms with Gasteiger partial charge in [-0.15, -0.1) is 0 Å². The molecule has 1 saturated heterocycles. The number of aromatic nitrogens is 4. The SMILES string of the molecule is Cn1cc(C(=O)N2CCC[C@H]2c2cnn(C)c2)cn1. The van der Waals surface area contributed by atoms with E-state index in [4.69, 9.17) is 0 Å². The highest BCUT2D eigenvalue weighted by atomic mass is 16.2. The maximum absolute atomic E-state index is 12.5. The number of rotatable bonds is 2. The molecule has 0 spiro atoms. The van der Waals surface area contributed by atoms with E-state index in [0.717, 1.165) is 24.9 Å². The lowest BCUT2D eigenvalue weighted by atomic mass is 10.1. The van der Waals surface area contributed by atoms with Crippen molar-refractivity contribution in [1.82, 2.24) is 24.5 Å². The van der Waals surface area contributed by atoms with Crippen molar-refractivity contribution in [3.63, 3.8) is 0 Å². The van der Waals surface area contributed by atoms with Crippen LogP contribution < -0.4 is 0 Å². The lowest BCUT2D eigenvalue weighted by molar-refractivity contribution is 0.0735. The van der Waals surface area contributed by atoms with E-state index in [2.05, 4.69) is 10.2 Å². The van der Waals surface area contributed by atoms with Crippen molar-refractivity contribution < 1.29 is 4.79 Å². The Kier molecular flexibility index (Phi) is 2.85. The molecule has 6 nitrogen and oxygen atoms in total. The van der Waals surface area contributed by atoms with E-state index >= 15 is 0 Å². The summed E-state index contributed by atoms with van der Waals surface area (Å²) in [6.45, 7) is 0.799. The molecule has 0 unspecified atom stereocenters. The summed E-state index contributed by atoms with van der Waals surface area (Å²) in [4.78, 5) is 14.4. The van der Waals surface area contributed by atoms with Gasteiger partial charge in [-0.1, -0.05) is 0 Å². The van der Waals surface area contributed by atoms with Crippen molar-refractivity contribution in [3.05, 3.63) is 35.9 Å². The monoisotopic (exact) mass is 259 g/mol. The molecule has 0 aromatic carbocycles. The zero-order valence-corrected chi connectivity index (χ0v) is 11.2. The number of amides is 1. The third kappa shape index (κ3) is 2.14. The van der Waals surface area contributed by atoms with Gasteiger partial charge in [-0.2, -0.15) is 10.2 Å². The molecule has 3 rings (SSSR count). The molecule has 0 bridgehead atoms. The van der Waals surface area contributed by atoms with Gasteiger partial charge in [0.1, 0.15) is 0 Å². The van der Waals surface area contributed by atoms with Crippen LogP contribution in [0, 0.1) is 0 Å². The van der Waals surface area contributed by atoms with Gasteiger partial charge in [-0.05, 0) is 12.8 Å². The topological polar surface area (TPSA) is 56.0 Å². The fourth-order valence-electron chi connectivity index (χ4n) is 2.67. The number of aryl methyl sites for hydroxylation is 2. The van der Waals surface area contributed by atoms with Crippen LogP contribution in [0.2, 0.25) is 0 Å². The first-order valence-corrected chi connectivity index (χ1v) is 6.43. The number of carbonyl (C=O) groups excluding carboxylic acids is 1. The Balaban J connectivity index is 1.85. The minimum Gasteiger partial charge on any atom is -0.331 e. The molecule has 2 aromatic heterocycles. The number of hydrogen-bond acceptors (Lipinski definition) is 3. The fraction of sp³-hybridized carbons (Fsp3) is 0.462. The molecule has 19 heavy (non-hydrogen) atoms. The Labute approximate surface area is 111 Å². The average molecular weight is 259 g/mol. The maximum Gasteiger partial charge on any atom is 0.257 e. The van der Waals surface area contributed by atoms with Crippen molar-refractivity contribution in [2.24, 2.45) is 14.1 Å². The van der Waals surface area contributed by atoms with Crippen molar-refractivity contribution in [1.29, 1.82) is 0 Å². The lowest BCUT2D eigenvalue weighted by Gasteiger charge is -2.23. The van der Waals surface area contributed by atoms with Gasteiger partial charge in [0.25, 0.3) is 5.91 Å². The molecule has 0 saturated carbocycles. The molecule has 3 heterocycles. The van der Waals surface area contributed by atoms with Crippen molar-refractivity contribution in [2.45, 2.75) is 18.9 Å². The van der Waals surface area contributed by atoms with Crippen molar-refractivity contribution in [3.8, 4) is 0 Å². The molecule has 1 fully saturated rings. The molecular weight excluding hydrogens is 242 g/mol. The van der Waals surface area contributed by atoms with Crippen LogP contribution in [0.25, 0.3) is 0 Å². The van der Waals surface area contributed by atoms with Crippen LogP contribution >= 0.6 is 0 Å². The summed E-state index contributed by atoms with van der Waals surface area (Å²) in [7, 11) is 3.71. The van der Waals surface area contributed by atoms with Gasteiger partial charge in [0.15, 0.2) is 0 Å². The molecule has 1 atom stereocenters. The zero-order chi connectivity index (χ0) is 13.4. The predicted molar refractivity (Wildman–Crippen MR) is 69.4 cm³/mol. The number of nitrogens with zero attached hydrogens (tertiary/aromatic N) is 5. The highest BCUT2D eigenvalue weighted by Crippen LogP contribution is 2.32. The zero-order valence-electron chi connectivity index (χ0n) is 11.2. The molecule has 1 amide bonds. The lowest BCUT2D eigenvalue weighted by Crippen LogP contribution is -2.30. The first-order valence-electron chi connectivity index (χ1n) is 6.43. The van der Waals surface area contributed by atoms with Crippen LogP contribution in [0.1, 0.15) is 34.8 Å². The van der Waals surface area contributed by atoms with E-state index in [1.807, 2.05) is 31.4 Å². The second-order valence-electron chi connectivity index (χ2n) is 5.01. The molecule has 2 aromatic rings. The van der Waals surface area contributed by atoms with E-state index in [0.29, 0.717) is 5.56 Å². The quantitative estimate of drug-likeness (QED) is 0.812. The molecule has 1 aliphatic rings. The Bertz CT molecular complexity index is 600. The predicted octanol–water partition coefficient (Wildman–Crippen LogP) is 1.13. The minimum absolute atomic E-state index is 0.0550. The van der Waals surface area contributed by atoms with Gasteiger partial charge < -0.3 is 4.90 Å². The summed E-state index contributed by atoms with van der Waals surface area (Å²) in [6.07, 6.45) is 9.25. The summed E-state index contributed by atoms with van der Waals surface area (Å²) in [5.41, 5.74) is 1.76. The fourth-order valence-corrected chi connectivity index (χ4v) is 2.67. The van der Waals surface area contributed by atoms with Gasteiger partial charge >= 0.3 is 0 Å². The van der Waals surface area contributed by atoms with E-state index in [9.17, 15) is 4.79 Å². The van der Waals surface area contributed by atoms with E-state index in [1.54, 1.807) is 21.8 Å². The average Bonchev–Trinajstić information content (AvgIpc) is 3.07. The molecular formula is C13H17N5O.